The summed E-state index contributed by atoms with van der Waals surface area (Å²) in [6.07, 6.45) is 0. The number of rotatable bonds is 4. The van der Waals surface area contributed by atoms with Crippen molar-refractivity contribution in [3.8, 4) is 11.1 Å². The molecule has 25 heavy (non-hydrogen) atoms. The minimum Gasteiger partial charge on any atom is -0.294 e. The number of anilines is 2. The summed E-state index contributed by atoms with van der Waals surface area (Å²) in [5.41, 5.74) is 3.72. The van der Waals surface area contributed by atoms with Gasteiger partial charge in [-0.3, -0.25) is 14.9 Å². The molecule has 0 aliphatic rings. The van der Waals surface area contributed by atoms with Crippen LogP contribution in [0.1, 0.15) is 12.6 Å². The van der Waals surface area contributed by atoms with Crippen molar-refractivity contribution in [2.24, 2.45) is 7.05 Å². The van der Waals surface area contributed by atoms with Crippen molar-refractivity contribution in [3.63, 3.8) is 0 Å². The van der Waals surface area contributed by atoms with Gasteiger partial charge in [0.05, 0.1) is 5.69 Å². The monoisotopic (exact) mass is 334 g/mol. The van der Waals surface area contributed by atoms with Crippen molar-refractivity contribution in [1.29, 1.82) is 0 Å². The summed E-state index contributed by atoms with van der Waals surface area (Å²) >= 11 is 0. The fraction of sp³-hybridized carbons (Fsp3) is 0.200. The zero-order chi connectivity index (χ0) is 17.8. The smallest absolute Gasteiger partial charge is 0.294 e. The molecule has 0 saturated carbocycles. The molecule has 2 aromatic carbocycles. The van der Waals surface area contributed by atoms with Gasteiger partial charge < -0.3 is 0 Å². The summed E-state index contributed by atoms with van der Waals surface area (Å²) in [4.78, 5) is 14.6. The van der Waals surface area contributed by atoms with E-state index < -0.39 is 0 Å². The minimum atomic E-state index is -0.172. The molecule has 128 valence electrons. The van der Waals surface area contributed by atoms with Crippen LogP contribution in [0.25, 0.3) is 11.1 Å². The molecule has 0 aliphatic carbocycles. The molecule has 3 aromatic rings. The first-order valence-electron chi connectivity index (χ1n) is 8.34. The third kappa shape index (κ3) is 3.40. The highest BCUT2D eigenvalue weighted by Gasteiger charge is 2.20. The maximum atomic E-state index is 12.9. The fourth-order valence-corrected chi connectivity index (χ4v) is 2.97. The summed E-state index contributed by atoms with van der Waals surface area (Å²) in [5.74, 6) is 0.697. The first-order chi connectivity index (χ1) is 12.1. The summed E-state index contributed by atoms with van der Waals surface area (Å²) in [5, 5.41) is 7.52. The van der Waals surface area contributed by atoms with Crippen LogP contribution < -0.4 is 10.2 Å². The average molecular weight is 334 g/mol. The molecule has 5 heteroatoms. The van der Waals surface area contributed by atoms with Gasteiger partial charge in [-0.1, -0.05) is 48.5 Å². The van der Waals surface area contributed by atoms with E-state index in [1.54, 1.807) is 9.58 Å². The van der Waals surface area contributed by atoms with E-state index >= 15 is 0 Å². The molecule has 0 unspecified atom stereocenters. The van der Waals surface area contributed by atoms with E-state index in [1.165, 1.54) is 0 Å². The standard InChI is InChI=1S/C20H22N4O/c1-4-24(17-13-9-6-10-14-17)20(25)21-19-18(15(2)22-23(19)3)16-11-7-5-8-12-16/h5-14H,4H2,1-3H3,(H,21,25). The van der Waals surface area contributed by atoms with Gasteiger partial charge in [0.1, 0.15) is 5.82 Å². The van der Waals surface area contributed by atoms with Gasteiger partial charge in [-0.2, -0.15) is 5.10 Å². The Morgan fingerprint density at radius 3 is 2.28 bits per heavy atom. The van der Waals surface area contributed by atoms with Gasteiger partial charge in [0.2, 0.25) is 0 Å². The average Bonchev–Trinajstić information content (AvgIpc) is 2.90. The number of aromatic nitrogens is 2. The van der Waals surface area contributed by atoms with E-state index in [2.05, 4.69) is 10.4 Å². The van der Waals surface area contributed by atoms with Crippen molar-refractivity contribution < 1.29 is 4.79 Å². The number of carbonyl (C=O) groups is 1. The number of hydrogen-bond donors (Lipinski definition) is 1. The van der Waals surface area contributed by atoms with Gasteiger partial charge in [0, 0.05) is 24.8 Å². The molecular formula is C20H22N4O. The lowest BCUT2D eigenvalue weighted by Gasteiger charge is -2.22. The summed E-state index contributed by atoms with van der Waals surface area (Å²) in [7, 11) is 1.84. The van der Waals surface area contributed by atoms with Crippen LogP contribution >= 0.6 is 0 Å². The maximum absolute atomic E-state index is 12.9. The SMILES string of the molecule is CCN(C(=O)Nc1c(-c2ccccc2)c(C)nn1C)c1ccccc1. The normalized spacial score (nSPS) is 10.5. The maximum Gasteiger partial charge on any atom is 0.327 e. The van der Waals surface area contributed by atoms with Crippen LogP contribution in [-0.2, 0) is 7.05 Å². The molecule has 0 bridgehead atoms. The number of amides is 2. The molecule has 2 amide bonds. The largest absolute Gasteiger partial charge is 0.327 e. The lowest BCUT2D eigenvalue weighted by molar-refractivity contribution is 0.257. The van der Waals surface area contributed by atoms with Crippen molar-refractivity contribution >= 4 is 17.5 Å². The highest BCUT2D eigenvalue weighted by atomic mass is 16.2. The van der Waals surface area contributed by atoms with Crippen molar-refractivity contribution in [2.45, 2.75) is 13.8 Å². The van der Waals surface area contributed by atoms with Crippen LogP contribution in [0.15, 0.2) is 60.7 Å². The molecule has 0 atom stereocenters. The predicted octanol–water partition coefficient (Wildman–Crippen LogP) is 4.45. The van der Waals surface area contributed by atoms with Gasteiger partial charge in [0.25, 0.3) is 0 Å². The molecule has 0 spiro atoms. The molecule has 0 saturated heterocycles. The van der Waals surface area contributed by atoms with Crippen LogP contribution in [0.3, 0.4) is 0 Å². The Morgan fingerprint density at radius 1 is 1.08 bits per heavy atom. The van der Waals surface area contributed by atoms with E-state index in [4.69, 9.17) is 0 Å². The van der Waals surface area contributed by atoms with E-state index in [0.717, 1.165) is 22.5 Å². The number of urea groups is 1. The second-order valence-corrected chi connectivity index (χ2v) is 5.81. The number of aryl methyl sites for hydroxylation is 2. The molecule has 0 aliphatic heterocycles. The van der Waals surface area contributed by atoms with Gasteiger partial charge in [-0.25, -0.2) is 4.79 Å². The molecule has 5 nitrogen and oxygen atoms in total. The Labute approximate surface area is 147 Å². The Hall–Kier alpha value is -3.08. The highest BCUT2D eigenvalue weighted by Crippen LogP contribution is 2.31. The first kappa shape index (κ1) is 16.8. The summed E-state index contributed by atoms with van der Waals surface area (Å²) in [6, 6.07) is 19.5. The first-order valence-corrected chi connectivity index (χ1v) is 8.34. The lowest BCUT2D eigenvalue weighted by Crippen LogP contribution is -2.35. The van der Waals surface area contributed by atoms with Gasteiger partial charge in [-0.15, -0.1) is 0 Å². The second-order valence-electron chi connectivity index (χ2n) is 5.81. The molecule has 0 fully saturated rings. The lowest BCUT2D eigenvalue weighted by atomic mass is 10.1. The number of nitrogens with one attached hydrogen (secondary N) is 1. The number of nitrogens with zero attached hydrogens (tertiary/aromatic N) is 3. The Bertz CT molecular complexity index is 856. The van der Waals surface area contributed by atoms with Crippen LogP contribution in [0, 0.1) is 6.92 Å². The van der Waals surface area contributed by atoms with E-state index in [9.17, 15) is 4.79 Å². The van der Waals surface area contributed by atoms with Gasteiger partial charge in [0.15, 0.2) is 0 Å². The van der Waals surface area contributed by atoms with Crippen molar-refractivity contribution in [1.82, 2.24) is 9.78 Å². The summed E-state index contributed by atoms with van der Waals surface area (Å²) in [6.45, 7) is 4.49. The number of carbonyl (C=O) groups excluding carboxylic acids is 1. The fourth-order valence-electron chi connectivity index (χ4n) is 2.97. The zero-order valence-corrected chi connectivity index (χ0v) is 14.7. The Morgan fingerprint density at radius 2 is 1.68 bits per heavy atom. The van der Waals surface area contributed by atoms with Gasteiger partial charge >= 0.3 is 6.03 Å². The quantitative estimate of drug-likeness (QED) is 0.766. The molecule has 1 aromatic heterocycles. The van der Waals surface area contributed by atoms with Crippen molar-refractivity contribution in [2.75, 3.05) is 16.8 Å². The number of para-hydroxylation sites is 1. The summed E-state index contributed by atoms with van der Waals surface area (Å²) < 4.78 is 1.72. The molecular weight excluding hydrogens is 312 g/mol. The highest BCUT2D eigenvalue weighted by molar-refractivity contribution is 6.03. The minimum absolute atomic E-state index is 0.172. The van der Waals surface area contributed by atoms with Crippen LogP contribution in [-0.4, -0.2) is 22.4 Å². The number of benzene rings is 2. The zero-order valence-electron chi connectivity index (χ0n) is 14.7. The van der Waals surface area contributed by atoms with Crippen LogP contribution in [0.5, 0.6) is 0 Å². The van der Waals surface area contributed by atoms with Crippen molar-refractivity contribution in [3.05, 3.63) is 66.4 Å². The second kappa shape index (κ2) is 7.21. The predicted molar refractivity (Wildman–Crippen MR) is 102 cm³/mol. The van der Waals surface area contributed by atoms with E-state index in [1.807, 2.05) is 81.6 Å². The van der Waals surface area contributed by atoms with Gasteiger partial charge in [-0.05, 0) is 31.5 Å². The third-order valence-electron chi connectivity index (χ3n) is 4.14. The van der Waals surface area contributed by atoms with Crippen LogP contribution in [0.4, 0.5) is 16.3 Å². The molecule has 0 radical (unpaired) electrons. The molecule has 1 heterocycles. The Kier molecular flexibility index (Phi) is 4.84. The topological polar surface area (TPSA) is 50.2 Å². The van der Waals surface area contributed by atoms with E-state index in [-0.39, 0.29) is 6.03 Å². The van der Waals surface area contributed by atoms with Crippen LogP contribution in [0.2, 0.25) is 0 Å². The third-order valence-corrected chi connectivity index (χ3v) is 4.14. The number of hydrogen-bond acceptors (Lipinski definition) is 2. The van der Waals surface area contributed by atoms with E-state index in [0.29, 0.717) is 12.4 Å². The molecule has 1 N–H and O–H groups in total. The Balaban J connectivity index is 1.94. The molecule has 3 rings (SSSR count).